The zero-order chi connectivity index (χ0) is 21.9. The molecule has 158 valence electrons. The Kier molecular flexibility index (Phi) is 4.79. The number of Topliss-reactive ketones (excluding diaryl/α,β-unsaturated/α-hetero) is 2. The Balaban J connectivity index is 1.52. The number of carbonyl (C=O) groups excluding carboxylic acids is 4. The minimum Gasteiger partial charge on any atom is -0.295 e. The number of hydrogen-bond donors (Lipinski definition) is 0. The van der Waals surface area contributed by atoms with E-state index in [0.29, 0.717) is 28.4 Å². The lowest BCUT2D eigenvalue weighted by molar-refractivity contribution is -0.123. The van der Waals surface area contributed by atoms with Gasteiger partial charge >= 0.3 is 0 Å². The maximum Gasteiger partial charge on any atom is 0.239 e. The molecule has 0 aliphatic carbocycles. The number of benzene rings is 2. The molecule has 3 aliphatic heterocycles. The molecule has 5 rings (SSSR count). The van der Waals surface area contributed by atoms with E-state index in [4.69, 9.17) is 11.6 Å². The first-order valence-electron chi connectivity index (χ1n) is 10.4. The summed E-state index contributed by atoms with van der Waals surface area (Å²) in [6.07, 6.45) is 1.69. The van der Waals surface area contributed by atoms with E-state index in [1.54, 1.807) is 48.5 Å². The Bertz CT molecular complexity index is 1100. The molecule has 0 aromatic heterocycles. The Morgan fingerprint density at radius 3 is 2.16 bits per heavy atom. The van der Waals surface area contributed by atoms with Gasteiger partial charge in [-0.05, 0) is 74.8 Å². The van der Waals surface area contributed by atoms with Crippen molar-refractivity contribution in [3.63, 3.8) is 0 Å². The van der Waals surface area contributed by atoms with Gasteiger partial charge in [-0.2, -0.15) is 0 Å². The molecule has 31 heavy (non-hydrogen) atoms. The van der Waals surface area contributed by atoms with Gasteiger partial charge in [-0.3, -0.25) is 24.1 Å². The van der Waals surface area contributed by atoms with E-state index in [2.05, 4.69) is 4.90 Å². The Hall–Kier alpha value is -2.83. The molecule has 4 atom stereocenters. The van der Waals surface area contributed by atoms with Crippen molar-refractivity contribution in [1.82, 2.24) is 4.90 Å². The minimum absolute atomic E-state index is 0.0854. The average Bonchev–Trinajstić information content (AvgIpc) is 3.40. The number of halogens is 1. The van der Waals surface area contributed by atoms with Crippen molar-refractivity contribution in [2.45, 2.75) is 31.8 Å². The first-order chi connectivity index (χ1) is 14.9. The van der Waals surface area contributed by atoms with Gasteiger partial charge in [0.1, 0.15) is 0 Å². The van der Waals surface area contributed by atoms with Crippen LogP contribution in [0.15, 0.2) is 48.5 Å². The van der Waals surface area contributed by atoms with Crippen molar-refractivity contribution in [3.8, 4) is 0 Å². The van der Waals surface area contributed by atoms with Crippen molar-refractivity contribution in [1.29, 1.82) is 0 Å². The highest BCUT2D eigenvalue weighted by Crippen LogP contribution is 2.48. The maximum absolute atomic E-state index is 13.5. The number of carbonyl (C=O) groups is 4. The summed E-state index contributed by atoms with van der Waals surface area (Å²) in [5.74, 6) is -2.05. The molecule has 6 nitrogen and oxygen atoms in total. The van der Waals surface area contributed by atoms with E-state index in [1.165, 1.54) is 11.8 Å². The third-order valence-corrected chi connectivity index (χ3v) is 7.03. The molecule has 0 radical (unpaired) electrons. The average molecular weight is 437 g/mol. The van der Waals surface area contributed by atoms with Gasteiger partial charge in [0.25, 0.3) is 0 Å². The van der Waals surface area contributed by atoms with E-state index >= 15 is 0 Å². The summed E-state index contributed by atoms with van der Waals surface area (Å²) in [6, 6.07) is 12.4. The lowest BCUT2D eigenvalue weighted by Gasteiger charge is -2.27. The van der Waals surface area contributed by atoms with Crippen LogP contribution >= 0.6 is 11.6 Å². The third-order valence-electron chi connectivity index (χ3n) is 6.78. The van der Waals surface area contributed by atoms with Gasteiger partial charge in [0.2, 0.25) is 11.8 Å². The number of fused-ring (bicyclic) bond motifs is 3. The Labute approximate surface area is 184 Å². The smallest absolute Gasteiger partial charge is 0.239 e. The molecular formula is C24H21ClN2O4. The van der Waals surface area contributed by atoms with E-state index in [1.807, 2.05) is 0 Å². The number of amides is 2. The lowest BCUT2D eigenvalue weighted by Crippen LogP contribution is -2.46. The third kappa shape index (κ3) is 3.05. The van der Waals surface area contributed by atoms with Gasteiger partial charge in [0.05, 0.1) is 23.6 Å². The largest absolute Gasteiger partial charge is 0.295 e. The van der Waals surface area contributed by atoms with Gasteiger partial charge in [-0.15, -0.1) is 0 Å². The van der Waals surface area contributed by atoms with E-state index in [-0.39, 0.29) is 29.4 Å². The Morgan fingerprint density at radius 1 is 0.903 bits per heavy atom. The molecule has 0 unspecified atom stereocenters. The lowest BCUT2D eigenvalue weighted by atomic mass is 9.85. The van der Waals surface area contributed by atoms with Crippen LogP contribution in [-0.4, -0.2) is 46.9 Å². The second kappa shape index (κ2) is 7.39. The van der Waals surface area contributed by atoms with Gasteiger partial charge < -0.3 is 0 Å². The maximum atomic E-state index is 13.5. The van der Waals surface area contributed by atoms with Gasteiger partial charge in [0, 0.05) is 22.2 Å². The van der Waals surface area contributed by atoms with Crippen LogP contribution in [-0.2, 0) is 9.59 Å². The number of ketones is 2. The van der Waals surface area contributed by atoms with Crippen molar-refractivity contribution < 1.29 is 19.2 Å². The van der Waals surface area contributed by atoms with E-state index in [0.717, 1.165) is 12.8 Å². The highest BCUT2D eigenvalue weighted by atomic mass is 35.5. The molecule has 0 N–H and O–H groups in total. The molecule has 3 heterocycles. The summed E-state index contributed by atoms with van der Waals surface area (Å²) in [4.78, 5) is 55.2. The number of imide groups is 1. The van der Waals surface area contributed by atoms with Crippen LogP contribution in [0.2, 0.25) is 5.02 Å². The molecule has 2 aromatic rings. The summed E-state index contributed by atoms with van der Waals surface area (Å²) >= 11 is 5.97. The van der Waals surface area contributed by atoms with E-state index < -0.39 is 17.9 Å². The molecule has 3 saturated heterocycles. The standard InChI is InChI=1S/C24H21ClN2O4/c1-13(28)14-6-10-17(11-7-14)27-23(30)19-18-3-2-12-26(18)21(20(19)24(27)31)22(29)15-4-8-16(25)9-5-15/h4-11,18-21H,2-3,12H2,1H3/t18-,19+,20+,21-/m0/s1. The summed E-state index contributed by atoms with van der Waals surface area (Å²) in [6.45, 7) is 2.17. The summed E-state index contributed by atoms with van der Waals surface area (Å²) in [5, 5.41) is 0.534. The zero-order valence-electron chi connectivity index (χ0n) is 17.0. The quantitative estimate of drug-likeness (QED) is 0.542. The van der Waals surface area contributed by atoms with Crippen molar-refractivity contribution in [3.05, 3.63) is 64.7 Å². The number of anilines is 1. The first kappa shape index (κ1) is 20.1. The molecule has 7 heteroatoms. The summed E-state index contributed by atoms with van der Waals surface area (Å²) < 4.78 is 0. The first-order valence-corrected chi connectivity index (χ1v) is 10.8. The van der Waals surface area contributed by atoms with Crippen molar-refractivity contribution in [2.75, 3.05) is 11.4 Å². The highest BCUT2D eigenvalue weighted by molar-refractivity contribution is 6.30. The second-order valence-corrected chi connectivity index (χ2v) is 8.87. The predicted molar refractivity (Wildman–Crippen MR) is 115 cm³/mol. The van der Waals surface area contributed by atoms with Gasteiger partial charge in [-0.1, -0.05) is 11.6 Å². The monoisotopic (exact) mass is 436 g/mol. The molecule has 0 saturated carbocycles. The number of nitrogens with zero attached hydrogens (tertiary/aromatic N) is 2. The van der Waals surface area contributed by atoms with Crippen LogP contribution in [0.4, 0.5) is 5.69 Å². The van der Waals surface area contributed by atoms with Crippen LogP contribution in [0.3, 0.4) is 0 Å². The summed E-state index contributed by atoms with van der Waals surface area (Å²) in [7, 11) is 0. The Morgan fingerprint density at radius 2 is 1.52 bits per heavy atom. The van der Waals surface area contributed by atoms with Crippen molar-refractivity contribution in [2.24, 2.45) is 11.8 Å². The van der Waals surface area contributed by atoms with Crippen molar-refractivity contribution >= 4 is 40.7 Å². The fraction of sp³-hybridized carbons (Fsp3) is 0.333. The van der Waals surface area contributed by atoms with Crippen LogP contribution in [0.1, 0.15) is 40.5 Å². The number of rotatable bonds is 4. The molecule has 0 bridgehead atoms. The predicted octanol–water partition coefficient (Wildman–Crippen LogP) is 3.38. The summed E-state index contributed by atoms with van der Waals surface area (Å²) in [5.41, 5.74) is 1.45. The molecule has 2 aromatic carbocycles. The van der Waals surface area contributed by atoms with Gasteiger partial charge in [0.15, 0.2) is 11.6 Å². The SMILES string of the molecule is CC(=O)c1ccc(N2C(=O)[C@@H]3[C@H](C2=O)[C@@H]2CCCN2[C@@H]3C(=O)c2ccc(Cl)cc2)cc1. The van der Waals surface area contributed by atoms with Crippen LogP contribution in [0.5, 0.6) is 0 Å². The van der Waals surface area contributed by atoms with Gasteiger partial charge in [-0.25, -0.2) is 4.90 Å². The van der Waals surface area contributed by atoms with Crippen LogP contribution in [0.25, 0.3) is 0 Å². The van der Waals surface area contributed by atoms with E-state index in [9.17, 15) is 19.2 Å². The fourth-order valence-electron chi connectivity index (χ4n) is 5.40. The normalized spacial score (nSPS) is 27.5. The van der Waals surface area contributed by atoms with Crippen LogP contribution in [0, 0.1) is 11.8 Å². The zero-order valence-corrected chi connectivity index (χ0v) is 17.7. The molecule has 0 spiro atoms. The van der Waals surface area contributed by atoms with Crippen LogP contribution < -0.4 is 4.90 Å². The molecular weight excluding hydrogens is 416 g/mol. The molecule has 3 aliphatic rings. The highest BCUT2D eigenvalue weighted by Gasteiger charge is 2.64. The molecule has 3 fully saturated rings. The number of hydrogen-bond acceptors (Lipinski definition) is 5. The topological polar surface area (TPSA) is 74.8 Å². The fourth-order valence-corrected chi connectivity index (χ4v) is 5.53. The minimum atomic E-state index is -0.700. The molecule has 2 amide bonds. The second-order valence-electron chi connectivity index (χ2n) is 8.43.